The third-order valence-electron chi connectivity index (χ3n) is 2.78. The SMILES string of the molecule is NC(=O)Oc1ccc(Oc2ccnc3[nH]c(=O)cnc23)c(F)c1. The molecule has 0 bridgehead atoms. The lowest BCUT2D eigenvalue weighted by Gasteiger charge is -2.09. The van der Waals surface area contributed by atoms with Crippen molar-refractivity contribution in [3.8, 4) is 17.2 Å². The Bertz CT molecular complexity index is 957. The first-order valence-corrected chi connectivity index (χ1v) is 6.31. The summed E-state index contributed by atoms with van der Waals surface area (Å²) in [4.78, 5) is 32.2. The van der Waals surface area contributed by atoms with E-state index in [9.17, 15) is 14.0 Å². The first-order valence-electron chi connectivity index (χ1n) is 6.31. The van der Waals surface area contributed by atoms with Gasteiger partial charge >= 0.3 is 6.09 Å². The van der Waals surface area contributed by atoms with Gasteiger partial charge in [-0.1, -0.05) is 0 Å². The Morgan fingerprint density at radius 2 is 2.04 bits per heavy atom. The maximum Gasteiger partial charge on any atom is 0.409 e. The van der Waals surface area contributed by atoms with Crippen molar-refractivity contribution in [3.05, 3.63) is 52.8 Å². The van der Waals surface area contributed by atoms with Crippen molar-refractivity contribution in [3.63, 3.8) is 0 Å². The second-order valence-corrected chi connectivity index (χ2v) is 4.37. The van der Waals surface area contributed by atoms with Crippen molar-refractivity contribution in [2.24, 2.45) is 5.73 Å². The van der Waals surface area contributed by atoms with Gasteiger partial charge in [0.1, 0.15) is 11.3 Å². The molecule has 0 aliphatic heterocycles. The van der Waals surface area contributed by atoms with Crippen LogP contribution < -0.4 is 20.8 Å². The van der Waals surface area contributed by atoms with Crippen LogP contribution >= 0.6 is 0 Å². The number of ether oxygens (including phenoxy) is 2. The first-order chi connectivity index (χ1) is 11.0. The van der Waals surface area contributed by atoms with E-state index in [0.717, 1.165) is 12.3 Å². The van der Waals surface area contributed by atoms with Crippen LogP contribution in [-0.2, 0) is 0 Å². The number of amides is 1. The predicted molar refractivity (Wildman–Crippen MR) is 76.8 cm³/mol. The molecule has 0 spiro atoms. The molecule has 23 heavy (non-hydrogen) atoms. The Morgan fingerprint density at radius 3 is 2.78 bits per heavy atom. The number of carbonyl (C=O) groups excluding carboxylic acids is 1. The minimum Gasteiger partial charge on any atom is -0.452 e. The highest BCUT2D eigenvalue weighted by molar-refractivity contribution is 5.76. The summed E-state index contributed by atoms with van der Waals surface area (Å²) >= 11 is 0. The highest BCUT2D eigenvalue weighted by Gasteiger charge is 2.11. The van der Waals surface area contributed by atoms with E-state index in [1.165, 1.54) is 24.4 Å². The van der Waals surface area contributed by atoms with E-state index in [2.05, 4.69) is 19.7 Å². The third-order valence-corrected chi connectivity index (χ3v) is 2.78. The number of fused-ring (bicyclic) bond motifs is 1. The van der Waals surface area contributed by atoms with E-state index in [0.29, 0.717) is 0 Å². The lowest BCUT2D eigenvalue weighted by molar-refractivity contribution is 0.210. The number of benzene rings is 1. The summed E-state index contributed by atoms with van der Waals surface area (Å²) in [5.41, 5.74) is 4.92. The third kappa shape index (κ3) is 3.07. The van der Waals surface area contributed by atoms with Gasteiger partial charge in [0.15, 0.2) is 23.0 Å². The van der Waals surface area contributed by atoms with Crippen molar-refractivity contribution in [1.29, 1.82) is 0 Å². The lowest BCUT2D eigenvalue weighted by atomic mass is 10.3. The monoisotopic (exact) mass is 316 g/mol. The lowest BCUT2D eigenvalue weighted by Crippen LogP contribution is -2.16. The van der Waals surface area contributed by atoms with Gasteiger partial charge in [-0.3, -0.25) is 4.79 Å². The van der Waals surface area contributed by atoms with E-state index < -0.39 is 17.5 Å². The van der Waals surface area contributed by atoms with Gasteiger partial charge in [-0.05, 0) is 12.1 Å². The van der Waals surface area contributed by atoms with Crippen LogP contribution in [0.15, 0.2) is 41.5 Å². The van der Waals surface area contributed by atoms with E-state index in [1.54, 1.807) is 0 Å². The van der Waals surface area contributed by atoms with Crippen molar-refractivity contribution < 1.29 is 18.7 Å². The molecule has 0 aliphatic carbocycles. The summed E-state index contributed by atoms with van der Waals surface area (Å²) in [5.74, 6) is -0.737. The van der Waals surface area contributed by atoms with Crippen LogP contribution in [0.25, 0.3) is 11.2 Å². The zero-order valence-corrected chi connectivity index (χ0v) is 11.4. The summed E-state index contributed by atoms with van der Waals surface area (Å²) in [6, 6.07) is 5.02. The Balaban J connectivity index is 1.96. The maximum absolute atomic E-state index is 14.0. The molecular weight excluding hydrogens is 307 g/mol. The molecule has 2 heterocycles. The molecule has 3 N–H and O–H groups in total. The predicted octanol–water partition coefficient (Wildman–Crippen LogP) is 1.71. The normalized spacial score (nSPS) is 10.5. The van der Waals surface area contributed by atoms with Crippen LogP contribution in [0.2, 0.25) is 0 Å². The highest BCUT2D eigenvalue weighted by atomic mass is 19.1. The molecule has 3 rings (SSSR count). The van der Waals surface area contributed by atoms with Gasteiger partial charge in [0, 0.05) is 18.3 Å². The summed E-state index contributed by atoms with van der Waals surface area (Å²) in [6.45, 7) is 0. The number of H-pyrrole nitrogens is 1. The Morgan fingerprint density at radius 1 is 1.22 bits per heavy atom. The summed E-state index contributed by atoms with van der Waals surface area (Å²) in [7, 11) is 0. The average Bonchev–Trinajstić information content (AvgIpc) is 2.49. The zero-order chi connectivity index (χ0) is 16.4. The number of rotatable bonds is 3. The molecule has 0 aliphatic rings. The minimum atomic E-state index is -1.05. The molecule has 0 fully saturated rings. The van der Waals surface area contributed by atoms with Crippen molar-refractivity contribution in [1.82, 2.24) is 15.0 Å². The number of halogens is 1. The van der Waals surface area contributed by atoms with Crippen LogP contribution in [0.1, 0.15) is 0 Å². The fraction of sp³-hybridized carbons (Fsp3) is 0. The maximum atomic E-state index is 14.0. The van der Waals surface area contributed by atoms with Gasteiger partial charge in [-0.15, -0.1) is 0 Å². The Kier molecular flexibility index (Phi) is 3.59. The van der Waals surface area contributed by atoms with Gasteiger partial charge < -0.3 is 20.2 Å². The molecule has 8 nitrogen and oxygen atoms in total. The molecule has 9 heteroatoms. The molecular formula is C14H9FN4O4. The van der Waals surface area contributed by atoms with Gasteiger partial charge in [0.25, 0.3) is 5.56 Å². The molecule has 0 saturated carbocycles. The highest BCUT2D eigenvalue weighted by Crippen LogP contribution is 2.30. The van der Waals surface area contributed by atoms with Crippen LogP contribution in [0.5, 0.6) is 17.2 Å². The van der Waals surface area contributed by atoms with E-state index in [4.69, 9.17) is 10.5 Å². The second kappa shape index (κ2) is 5.72. The smallest absolute Gasteiger partial charge is 0.409 e. The van der Waals surface area contributed by atoms with Gasteiger partial charge in [0.2, 0.25) is 0 Å². The van der Waals surface area contributed by atoms with E-state index >= 15 is 0 Å². The number of carbonyl (C=O) groups is 1. The molecule has 1 aromatic carbocycles. The Labute approximate surface area is 127 Å². The first kappa shape index (κ1) is 14.4. The summed E-state index contributed by atoms with van der Waals surface area (Å²) in [5, 5.41) is 0. The number of hydrogen-bond acceptors (Lipinski definition) is 6. The van der Waals surface area contributed by atoms with Crippen LogP contribution in [0.3, 0.4) is 0 Å². The number of pyridine rings is 1. The molecule has 3 aromatic rings. The van der Waals surface area contributed by atoms with Crippen molar-refractivity contribution >= 4 is 17.3 Å². The topological polar surface area (TPSA) is 120 Å². The van der Waals surface area contributed by atoms with E-state index in [1.807, 2.05) is 0 Å². The minimum absolute atomic E-state index is 0.0515. The fourth-order valence-electron chi connectivity index (χ4n) is 1.87. The quantitative estimate of drug-likeness (QED) is 0.759. The molecule has 0 saturated heterocycles. The number of nitrogens with zero attached hydrogens (tertiary/aromatic N) is 2. The molecule has 116 valence electrons. The molecule has 0 radical (unpaired) electrons. The van der Waals surface area contributed by atoms with Crippen LogP contribution in [0.4, 0.5) is 9.18 Å². The number of aromatic nitrogens is 3. The van der Waals surface area contributed by atoms with Gasteiger partial charge in [-0.2, -0.15) is 0 Å². The van der Waals surface area contributed by atoms with Crippen LogP contribution in [-0.4, -0.2) is 21.0 Å². The molecule has 0 unspecified atom stereocenters. The largest absolute Gasteiger partial charge is 0.452 e. The number of aromatic amines is 1. The number of nitrogens with one attached hydrogen (secondary N) is 1. The van der Waals surface area contributed by atoms with Crippen LogP contribution in [0, 0.1) is 5.82 Å². The molecule has 0 atom stereocenters. The van der Waals surface area contributed by atoms with E-state index in [-0.39, 0.29) is 28.4 Å². The molecule has 1 amide bonds. The standard InChI is InChI=1S/C14H9FN4O4/c15-8-5-7(22-14(16)21)1-2-9(8)23-10-3-4-17-13-12(10)18-6-11(20)19-13/h1-6H,(H2,16,21)(H,17,19,20). The van der Waals surface area contributed by atoms with Crippen molar-refractivity contribution in [2.45, 2.75) is 0 Å². The Hall–Kier alpha value is -3.49. The number of primary amides is 1. The molecule has 2 aromatic heterocycles. The number of nitrogens with two attached hydrogens (primary N) is 1. The summed E-state index contributed by atoms with van der Waals surface area (Å²) < 4.78 is 24.0. The summed E-state index contributed by atoms with van der Waals surface area (Å²) in [6.07, 6.45) is 1.40. The zero-order valence-electron chi connectivity index (χ0n) is 11.4. The number of hydrogen-bond donors (Lipinski definition) is 2. The van der Waals surface area contributed by atoms with Gasteiger partial charge in [0.05, 0.1) is 6.20 Å². The fourth-order valence-corrected chi connectivity index (χ4v) is 1.87. The average molecular weight is 316 g/mol. The second-order valence-electron chi connectivity index (χ2n) is 4.37. The van der Waals surface area contributed by atoms with Crippen molar-refractivity contribution in [2.75, 3.05) is 0 Å². The van der Waals surface area contributed by atoms with Gasteiger partial charge in [-0.25, -0.2) is 19.2 Å².